The number of fused-ring (bicyclic) bond motifs is 1. The molecule has 1 unspecified atom stereocenters. The fourth-order valence-electron chi connectivity index (χ4n) is 4.30. The lowest BCUT2D eigenvalue weighted by Gasteiger charge is -2.37. The Morgan fingerprint density at radius 1 is 1.08 bits per heavy atom. The van der Waals surface area contributed by atoms with Gasteiger partial charge in [-0.1, -0.05) is 42.1 Å². The molecule has 0 fully saturated rings. The number of nitrogens with zero attached hydrogens (tertiary/aromatic N) is 3. The summed E-state index contributed by atoms with van der Waals surface area (Å²) in [7, 11) is 4.95. The molecule has 1 atom stereocenters. The zero-order valence-electron chi connectivity index (χ0n) is 21.7. The van der Waals surface area contributed by atoms with Crippen LogP contribution < -0.4 is 9.47 Å². The first-order valence-electron chi connectivity index (χ1n) is 12.1. The molecule has 2 aromatic carbocycles. The Labute approximate surface area is 221 Å². The molecular weight excluding hydrogens is 490 g/mol. The van der Waals surface area contributed by atoms with Gasteiger partial charge in [0, 0.05) is 30.4 Å². The molecule has 0 spiro atoms. The maximum absolute atomic E-state index is 13.6. The van der Waals surface area contributed by atoms with Crippen LogP contribution in [0.2, 0.25) is 0 Å². The largest absolute Gasteiger partial charge is 0.497 e. The SMILES string of the molecule is CCOC(=O)C1=C(c2ccccc2)N=C2SC=C(CC(=O)N(C)CC)N2C1c1cc(OC)ccc1OC. The molecule has 4 rings (SSSR count). The quantitative estimate of drug-likeness (QED) is 0.437. The molecule has 37 heavy (non-hydrogen) atoms. The number of thioether (sulfide) groups is 1. The third-order valence-corrected chi connectivity index (χ3v) is 7.21. The van der Waals surface area contributed by atoms with E-state index in [2.05, 4.69) is 0 Å². The van der Waals surface area contributed by atoms with E-state index in [0.717, 1.165) is 11.3 Å². The summed E-state index contributed by atoms with van der Waals surface area (Å²) in [4.78, 5) is 35.1. The van der Waals surface area contributed by atoms with E-state index in [1.807, 2.05) is 59.7 Å². The third kappa shape index (κ3) is 5.22. The number of benzene rings is 2. The van der Waals surface area contributed by atoms with E-state index in [0.29, 0.717) is 40.0 Å². The van der Waals surface area contributed by atoms with Crippen LogP contribution in [0.1, 0.15) is 37.4 Å². The Hall–Kier alpha value is -3.72. The molecule has 8 nitrogen and oxygen atoms in total. The van der Waals surface area contributed by atoms with E-state index in [1.54, 1.807) is 39.2 Å². The van der Waals surface area contributed by atoms with Gasteiger partial charge < -0.3 is 24.0 Å². The molecule has 0 aliphatic carbocycles. The van der Waals surface area contributed by atoms with Crippen LogP contribution in [0.3, 0.4) is 0 Å². The zero-order chi connectivity index (χ0) is 26.5. The standard InChI is InChI=1S/C28H31N3O5S/c1-6-30(3)23(32)15-19-17-37-28-29-25(18-11-9-8-10-12-18)24(27(33)36-7-2)26(31(19)28)21-16-20(34-4)13-14-22(21)35-5/h8-14,16-17,26H,6-7,15H2,1-5H3. The van der Waals surface area contributed by atoms with Crippen LogP contribution in [-0.2, 0) is 14.3 Å². The van der Waals surface area contributed by atoms with Crippen LogP contribution in [0.4, 0.5) is 0 Å². The number of aliphatic imine (C=N–C) groups is 1. The first-order valence-corrected chi connectivity index (χ1v) is 13.0. The normalized spacial score (nSPS) is 16.6. The van der Waals surface area contributed by atoms with Gasteiger partial charge in [-0.15, -0.1) is 0 Å². The number of carbonyl (C=O) groups excluding carboxylic acids is 2. The summed E-state index contributed by atoms with van der Waals surface area (Å²) in [5.41, 5.74) is 3.14. The Morgan fingerprint density at radius 3 is 2.49 bits per heavy atom. The minimum Gasteiger partial charge on any atom is -0.497 e. The van der Waals surface area contributed by atoms with Crippen LogP contribution in [0.15, 0.2) is 70.2 Å². The van der Waals surface area contributed by atoms with Crippen molar-refractivity contribution < 1.29 is 23.8 Å². The molecule has 2 aromatic rings. The van der Waals surface area contributed by atoms with E-state index in [1.165, 1.54) is 11.8 Å². The van der Waals surface area contributed by atoms with Crippen molar-refractivity contribution in [1.29, 1.82) is 0 Å². The molecule has 2 heterocycles. The fourth-order valence-corrected chi connectivity index (χ4v) is 5.22. The van der Waals surface area contributed by atoms with Gasteiger partial charge in [-0.05, 0) is 37.5 Å². The zero-order valence-corrected chi connectivity index (χ0v) is 22.5. The number of hydrogen-bond acceptors (Lipinski definition) is 8. The van der Waals surface area contributed by atoms with Crippen LogP contribution in [0.25, 0.3) is 5.70 Å². The predicted molar refractivity (Wildman–Crippen MR) is 145 cm³/mol. The van der Waals surface area contributed by atoms with Crippen LogP contribution in [0, 0.1) is 0 Å². The van der Waals surface area contributed by atoms with E-state index in [9.17, 15) is 9.59 Å². The van der Waals surface area contributed by atoms with Crippen molar-refractivity contribution in [2.75, 3.05) is 34.4 Å². The Balaban J connectivity index is 1.96. The second kappa shape index (κ2) is 11.6. The highest BCUT2D eigenvalue weighted by atomic mass is 32.2. The molecular formula is C28H31N3O5S. The number of amides is 1. The molecule has 0 radical (unpaired) electrons. The Morgan fingerprint density at radius 2 is 1.84 bits per heavy atom. The average Bonchev–Trinajstić information content (AvgIpc) is 3.33. The lowest BCUT2D eigenvalue weighted by molar-refractivity contribution is -0.139. The molecule has 194 valence electrons. The van der Waals surface area contributed by atoms with E-state index < -0.39 is 12.0 Å². The van der Waals surface area contributed by atoms with Crippen molar-refractivity contribution in [3.05, 3.63) is 76.3 Å². The van der Waals surface area contributed by atoms with Gasteiger partial charge in [0.15, 0.2) is 5.17 Å². The van der Waals surface area contributed by atoms with Gasteiger partial charge in [0.25, 0.3) is 0 Å². The maximum Gasteiger partial charge on any atom is 0.338 e. The van der Waals surface area contributed by atoms with Gasteiger partial charge in [0.1, 0.15) is 11.5 Å². The van der Waals surface area contributed by atoms with Crippen molar-refractivity contribution in [1.82, 2.24) is 9.80 Å². The van der Waals surface area contributed by atoms with Crippen LogP contribution >= 0.6 is 11.8 Å². The highest BCUT2D eigenvalue weighted by Crippen LogP contribution is 2.49. The second-order valence-electron chi connectivity index (χ2n) is 8.44. The molecule has 9 heteroatoms. The van der Waals surface area contributed by atoms with Gasteiger partial charge in [0.05, 0.1) is 44.6 Å². The van der Waals surface area contributed by atoms with E-state index in [4.69, 9.17) is 19.2 Å². The van der Waals surface area contributed by atoms with E-state index >= 15 is 0 Å². The second-order valence-corrected chi connectivity index (χ2v) is 9.27. The van der Waals surface area contributed by atoms with Crippen molar-refractivity contribution >= 4 is 34.5 Å². The summed E-state index contributed by atoms with van der Waals surface area (Å²) in [6, 6.07) is 14.4. The van der Waals surface area contributed by atoms with Crippen molar-refractivity contribution in [2.45, 2.75) is 26.3 Å². The van der Waals surface area contributed by atoms with Gasteiger partial charge in [-0.2, -0.15) is 0 Å². The fraction of sp³-hybridized carbons (Fsp3) is 0.321. The third-order valence-electron chi connectivity index (χ3n) is 6.32. The monoisotopic (exact) mass is 521 g/mol. The molecule has 1 amide bonds. The molecule has 2 aliphatic heterocycles. The number of carbonyl (C=O) groups is 2. The van der Waals surface area contributed by atoms with Crippen molar-refractivity contribution in [2.24, 2.45) is 4.99 Å². The summed E-state index contributed by atoms with van der Waals surface area (Å²) in [6.07, 6.45) is 0.163. The van der Waals surface area contributed by atoms with E-state index in [-0.39, 0.29) is 18.9 Å². The molecule has 0 saturated heterocycles. The average molecular weight is 522 g/mol. The number of methoxy groups -OCH3 is 2. The number of amidine groups is 1. The first-order chi connectivity index (χ1) is 17.9. The number of hydrogen-bond donors (Lipinski definition) is 0. The van der Waals surface area contributed by atoms with Gasteiger partial charge in [0.2, 0.25) is 5.91 Å². The number of rotatable bonds is 9. The minimum absolute atomic E-state index is 0.0255. The summed E-state index contributed by atoms with van der Waals surface area (Å²) in [5, 5.41) is 2.60. The van der Waals surface area contributed by atoms with Crippen LogP contribution in [-0.4, -0.2) is 61.3 Å². The maximum atomic E-state index is 13.6. The molecule has 0 N–H and O–H groups in total. The van der Waals surface area contributed by atoms with Gasteiger partial charge >= 0.3 is 5.97 Å². The number of esters is 1. The van der Waals surface area contributed by atoms with Crippen molar-refractivity contribution in [3.8, 4) is 11.5 Å². The lowest BCUT2D eigenvalue weighted by Crippen LogP contribution is -2.38. The van der Waals surface area contributed by atoms with Crippen molar-refractivity contribution in [3.63, 3.8) is 0 Å². The topological polar surface area (TPSA) is 80.7 Å². The van der Waals surface area contributed by atoms with Gasteiger partial charge in [-0.3, -0.25) is 4.79 Å². The molecule has 2 aliphatic rings. The predicted octanol–water partition coefficient (Wildman–Crippen LogP) is 4.85. The summed E-state index contributed by atoms with van der Waals surface area (Å²) >= 11 is 1.43. The molecule has 0 aromatic heterocycles. The Kier molecular flexibility index (Phi) is 8.23. The van der Waals surface area contributed by atoms with Crippen LogP contribution in [0.5, 0.6) is 11.5 Å². The van der Waals surface area contributed by atoms with Gasteiger partial charge in [-0.25, -0.2) is 9.79 Å². The highest BCUT2D eigenvalue weighted by molar-refractivity contribution is 8.16. The number of ether oxygens (including phenoxy) is 3. The molecule has 0 saturated carbocycles. The highest BCUT2D eigenvalue weighted by Gasteiger charge is 2.43. The Bertz CT molecular complexity index is 1270. The first kappa shape index (κ1) is 26.3. The smallest absolute Gasteiger partial charge is 0.338 e. The summed E-state index contributed by atoms with van der Waals surface area (Å²) in [5.74, 6) is 0.688. The minimum atomic E-state index is -0.659. The molecule has 0 bridgehead atoms. The summed E-state index contributed by atoms with van der Waals surface area (Å²) < 4.78 is 16.8. The summed E-state index contributed by atoms with van der Waals surface area (Å²) in [6.45, 7) is 4.51. The lowest BCUT2D eigenvalue weighted by atomic mass is 9.90.